The van der Waals surface area contributed by atoms with Gasteiger partial charge in [0.15, 0.2) is 18.2 Å². The van der Waals surface area contributed by atoms with Gasteiger partial charge in [-0.2, -0.15) is 0 Å². The Morgan fingerprint density at radius 3 is 2.36 bits per heavy atom. The Hall–Kier alpha value is -3.03. The molecule has 0 saturated carbocycles. The Kier molecular flexibility index (Phi) is 6.18. The van der Waals surface area contributed by atoms with E-state index < -0.39 is 30.0 Å². The van der Waals surface area contributed by atoms with Gasteiger partial charge < -0.3 is 14.5 Å². The molecule has 8 heteroatoms. The monoisotopic (exact) mass is 392 g/mol. The number of benzene rings is 2. The van der Waals surface area contributed by atoms with Crippen molar-refractivity contribution < 1.29 is 27.5 Å². The molecule has 0 bridgehead atoms. The second kappa shape index (κ2) is 8.77. The molecule has 0 unspecified atom stereocenters. The number of nitrogens with zero attached hydrogens (tertiary/aromatic N) is 2. The minimum absolute atomic E-state index is 0.00241. The Morgan fingerprint density at radius 1 is 0.893 bits per heavy atom. The second-order valence-electron chi connectivity index (χ2n) is 6.37. The summed E-state index contributed by atoms with van der Waals surface area (Å²) >= 11 is 0. The van der Waals surface area contributed by atoms with E-state index >= 15 is 0 Å². The maximum absolute atomic E-state index is 13.8. The van der Waals surface area contributed by atoms with E-state index in [1.807, 2.05) is 0 Å². The fourth-order valence-corrected chi connectivity index (χ4v) is 3.00. The highest BCUT2D eigenvalue weighted by molar-refractivity contribution is 5.94. The van der Waals surface area contributed by atoms with Crippen molar-refractivity contribution in [3.8, 4) is 5.75 Å². The van der Waals surface area contributed by atoms with Crippen LogP contribution in [-0.4, -0.2) is 54.4 Å². The average molecular weight is 392 g/mol. The molecule has 2 amide bonds. The zero-order valence-corrected chi connectivity index (χ0v) is 15.0. The van der Waals surface area contributed by atoms with E-state index in [2.05, 4.69) is 0 Å². The van der Waals surface area contributed by atoms with E-state index in [1.165, 1.54) is 28.0 Å². The standard InChI is InChI=1S/C20H19F3N2O3/c21-14-6-7-18(17(23)12-14)28-13-19(26)24-8-3-9-25(11-10-24)20(27)15-4-1-2-5-16(15)22/h1-2,4-7,12H,3,8-11,13H2. The number of carbonyl (C=O) groups is 2. The first-order chi connectivity index (χ1) is 13.5. The van der Waals surface area contributed by atoms with Gasteiger partial charge in [-0.25, -0.2) is 13.2 Å². The van der Waals surface area contributed by atoms with Crippen LogP contribution in [0.15, 0.2) is 42.5 Å². The average Bonchev–Trinajstić information content (AvgIpc) is 2.93. The van der Waals surface area contributed by atoms with E-state index in [9.17, 15) is 22.8 Å². The predicted molar refractivity (Wildman–Crippen MR) is 95.4 cm³/mol. The molecule has 1 aliphatic rings. The van der Waals surface area contributed by atoms with Crippen LogP contribution in [0, 0.1) is 17.5 Å². The molecule has 1 aliphatic heterocycles. The fraction of sp³-hybridized carbons (Fsp3) is 0.300. The van der Waals surface area contributed by atoms with Gasteiger partial charge in [-0.3, -0.25) is 9.59 Å². The molecule has 2 aromatic carbocycles. The summed E-state index contributed by atoms with van der Waals surface area (Å²) in [5.41, 5.74) is -0.00241. The summed E-state index contributed by atoms with van der Waals surface area (Å²) in [4.78, 5) is 27.9. The Labute approximate surface area is 160 Å². The Balaban J connectivity index is 1.56. The SMILES string of the molecule is O=C(COc1ccc(F)cc1F)N1CCCN(C(=O)c2ccccc2F)CC1. The molecule has 0 N–H and O–H groups in total. The van der Waals surface area contributed by atoms with Crippen molar-refractivity contribution in [2.24, 2.45) is 0 Å². The molecule has 1 saturated heterocycles. The van der Waals surface area contributed by atoms with Crippen molar-refractivity contribution in [2.75, 3.05) is 32.8 Å². The van der Waals surface area contributed by atoms with Crippen LogP contribution in [0.5, 0.6) is 5.75 Å². The molecular weight excluding hydrogens is 373 g/mol. The maximum atomic E-state index is 13.8. The van der Waals surface area contributed by atoms with Crippen molar-refractivity contribution >= 4 is 11.8 Å². The van der Waals surface area contributed by atoms with E-state index in [4.69, 9.17) is 4.74 Å². The smallest absolute Gasteiger partial charge is 0.260 e. The summed E-state index contributed by atoms with van der Waals surface area (Å²) in [6.07, 6.45) is 0.525. The molecule has 0 spiro atoms. The van der Waals surface area contributed by atoms with Crippen molar-refractivity contribution in [3.63, 3.8) is 0 Å². The van der Waals surface area contributed by atoms with Crippen LogP contribution in [0.4, 0.5) is 13.2 Å². The van der Waals surface area contributed by atoms with Gasteiger partial charge in [-0.05, 0) is 30.7 Å². The third kappa shape index (κ3) is 4.62. The van der Waals surface area contributed by atoms with E-state index in [0.717, 1.165) is 12.1 Å². The number of rotatable bonds is 4. The fourth-order valence-electron chi connectivity index (χ4n) is 3.00. The zero-order valence-electron chi connectivity index (χ0n) is 15.0. The minimum Gasteiger partial charge on any atom is -0.481 e. The maximum Gasteiger partial charge on any atom is 0.260 e. The molecule has 0 atom stereocenters. The molecule has 1 heterocycles. The molecule has 2 aromatic rings. The van der Waals surface area contributed by atoms with Crippen LogP contribution in [-0.2, 0) is 4.79 Å². The van der Waals surface area contributed by atoms with Crippen molar-refractivity contribution in [3.05, 3.63) is 65.5 Å². The van der Waals surface area contributed by atoms with Crippen LogP contribution in [0.2, 0.25) is 0 Å². The quantitative estimate of drug-likeness (QED) is 0.804. The van der Waals surface area contributed by atoms with Gasteiger partial charge in [0.1, 0.15) is 11.6 Å². The molecule has 0 aromatic heterocycles. The number of hydrogen-bond donors (Lipinski definition) is 0. The van der Waals surface area contributed by atoms with Gasteiger partial charge in [0.25, 0.3) is 11.8 Å². The lowest BCUT2D eigenvalue weighted by Gasteiger charge is -2.22. The van der Waals surface area contributed by atoms with Gasteiger partial charge in [0.2, 0.25) is 0 Å². The lowest BCUT2D eigenvalue weighted by molar-refractivity contribution is -0.133. The Bertz CT molecular complexity index is 876. The first kappa shape index (κ1) is 19.7. The van der Waals surface area contributed by atoms with E-state index in [0.29, 0.717) is 25.6 Å². The highest BCUT2D eigenvalue weighted by Gasteiger charge is 2.24. The lowest BCUT2D eigenvalue weighted by atomic mass is 10.2. The van der Waals surface area contributed by atoms with Crippen molar-refractivity contribution in [1.82, 2.24) is 9.80 Å². The van der Waals surface area contributed by atoms with Crippen LogP contribution in [0.1, 0.15) is 16.8 Å². The molecule has 28 heavy (non-hydrogen) atoms. The molecule has 3 rings (SSSR count). The molecule has 0 aliphatic carbocycles. The normalized spacial score (nSPS) is 14.5. The van der Waals surface area contributed by atoms with Crippen molar-refractivity contribution in [1.29, 1.82) is 0 Å². The predicted octanol–water partition coefficient (Wildman–Crippen LogP) is 2.86. The van der Waals surface area contributed by atoms with Crippen LogP contribution < -0.4 is 4.74 Å². The highest BCUT2D eigenvalue weighted by Crippen LogP contribution is 2.18. The summed E-state index contributed by atoms with van der Waals surface area (Å²) in [5, 5.41) is 0. The molecular formula is C20H19F3N2O3. The van der Waals surface area contributed by atoms with Gasteiger partial charge in [-0.15, -0.1) is 0 Å². The largest absolute Gasteiger partial charge is 0.481 e. The van der Waals surface area contributed by atoms with Crippen LogP contribution in [0.25, 0.3) is 0 Å². The number of carbonyl (C=O) groups excluding carboxylic acids is 2. The van der Waals surface area contributed by atoms with Crippen molar-refractivity contribution in [2.45, 2.75) is 6.42 Å². The van der Waals surface area contributed by atoms with Crippen LogP contribution in [0.3, 0.4) is 0 Å². The Morgan fingerprint density at radius 2 is 1.61 bits per heavy atom. The third-order valence-corrected chi connectivity index (χ3v) is 4.49. The summed E-state index contributed by atoms with van der Waals surface area (Å²) in [5.74, 6) is -3.20. The molecule has 0 radical (unpaired) electrons. The van der Waals surface area contributed by atoms with Gasteiger partial charge in [0, 0.05) is 32.2 Å². The molecule has 5 nitrogen and oxygen atoms in total. The topological polar surface area (TPSA) is 49.9 Å². The summed E-state index contributed by atoms with van der Waals surface area (Å²) in [6, 6.07) is 8.60. The first-order valence-electron chi connectivity index (χ1n) is 8.85. The summed E-state index contributed by atoms with van der Waals surface area (Å²) in [6.45, 7) is 0.904. The number of ether oxygens (including phenoxy) is 1. The third-order valence-electron chi connectivity index (χ3n) is 4.49. The van der Waals surface area contributed by atoms with Gasteiger partial charge in [0.05, 0.1) is 5.56 Å². The summed E-state index contributed by atoms with van der Waals surface area (Å²) < 4.78 is 45.5. The number of amides is 2. The van der Waals surface area contributed by atoms with Gasteiger partial charge >= 0.3 is 0 Å². The highest BCUT2D eigenvalue weighted by atomic mass is 19.1. The second-order valence-corrected chi connectivity index (χ2v) is 6.37. The van der Waals surface area contributed by atoms with Crippen LogP contribution >= 0.6 is 0 Å². The zero-order chi connectivity index (χ0) is 20.1. The van der Waals surface area contributed by atoms with Gasteiger partial charge in [-0.1, -0.05) is 12.1 Å². The number of hydrogen-bond acceptors (Lipinski definition) is 3. The van der Waals surface area contributed by atoms with E-state index in [-0.39, 0.29) is 30.3 Å². The number of halogens is 3. The molecule has 1 fully saturated rings. The first-order valence-corrected chi connectivity index (χ1v) is 8.85. The minimum atomic E-state index is -0.884. The van der Waals surface area contributed by atoms with E-state index in [1.54, 1.807) is 6.07 Å². The summed E-state index contributed by atoms with van der Waals surface area (Å²) in [7, 11) is 0. The lowest BCUT2D eigenvalue weighted by Crippen LogP contribution is -2.39. The molecule has 148 valence electrons.